The molecule has 0 amide bonds. The van der Waals surface area contributed by atoms with Gasteiger partial charge in [0.2, 0.25) is 0 Å². The van der Waals surface area contributed by atoms with E-state index in [1.54, 1.807) is 30.3 Å². The van der Waals surface area contributed by atoms with Crippen LogP contribution < -0.4 is 0 Å². The molecule has 1 fully saturated rings. The van der Waals surface area contributed by atoms with Gasteiger partial charge in [0.1, 0.15) is 12.2 Å². The molecule has 0 saturated carbocycles. The Bertz CT molecular complexity index is 454. The summed E-state index contributed by atoms with van der Waals surface area (Å²) in [6, 6.07) is 8.39. The highest BCUT2D eigenvalue weighted by Crippen LogP contribution is 2.25. The molecule has 7 heteroatoms. The van der Waals surface area contributed by atoms with Gasteiger partial charge in [-0.2, -0.15) is 0 Å². The summed E-state index contributed by atoms with van der Waals surface area (Å²) < 4.78 is 15.9. The van der Waals surface area contributed by atoms with Gasteiger partial charge < -0.3 is 24.4 Å². The first-order valence-electron chi connectivity index (χ1n) is 6.55. The third-order valence-electron chi connectivity index (χ3n) is 3.09. The lowest BCUT2D eigenvalue weighted by Crippen LogP contribution is -2.39. The topological polar surface area (TPSA) is 85.2 Å². The van der Waals surface area contributed by atoms with Gasteiger partial charge >= 0.3 is 5.97 Å². The average molecular weight is 317 g/mol. The lowest BCUT2D eigenvalue weighted by Gasteiger charge is -2.20. The molecule has 2 N–H and O–H groups in total. The first-order chi connectivity index (χ1) is 10.2. The SMILES string of the molecule is O=C(O[C@@H]1[C@@H](OCCCl)O[C@H](CO)[C@H]1O)c1ccccc1. The number of carbonyl (C=O) groups is 1. The first kappa shape index (κ1) is 16.2. The van der Waals surface area contributed by atoms with Crippen molar-refractivity contribution >= 4 is 17.6 Å². The summed E-state index contributed by atoms with van der Waals surface area (Å²) >= 11 is 5.54. The minimum absolute atomic E-state index is 0.177. The van der Waals surface area contributed by atoms with Crippen molar-refractivity contribution in [3.8, 4) is 0 Å². The summed E-state index contributed by atoms with van der Waals surface area (Å²) in [6.45, 7) is -0.224. The Morgan fingerprint density at radius 1 is 1.33 bits per heavy atom. The molecule has 1 aliphatic rings. The normalized spacial score (nSPS) is 28.5. The minimum Gasteiger partial charge on any atom is -0.450 e. The second-order valence-corrected chi connectivity index (χ2v) is 4.89. The predicted molar refractivity (Wildman–Crippen MR) is 74.1 cm³/mol. The lowest BCUT2D eigenvalue weighted by molar-refractivity contribution is -0.167. The number of benzene rings is 1. The first-order valence-corrected chi connectivity index (χ1v) is 7.08. The third kappa shape index (κ3) is 3.93. The minimum atomic E-state index is -1.16. The molecule has 0 unspecified atom stereocenters. The lowest BCUT2D eigenvalue weighted by atomic mass is 10.1. The Labute approximate surface area is 127 Å². The van der Waals surface area contributed by atoms with Crippen molar-refractivity contribution in [1.82, 2.24) is 0 Å². The fraction of sp³-hybridized carbons (Fsp3) is 0.500. The molecule has 6 nitrogen and oxygen atoms in total. The number of alkyl halides is 1. The van der Waals surface area contributed by atoms with Gasteiger partial charge in [0.25, 0.3) is 0 Å². The molecule has 1 aromatic rings. The number of esters is 1. The highest BCUT2D eigenvalue weighted by molar-refractivity contribution is 6.17. The third-order valence-corrected chi connectivity index (χ3v) is 3.24. The second kappa shape index (κ2) is 7.72. The molecule has 0 aromatic heterocycles. The fourth-order valence-corrected chi connectivity index (χ4v) is 2.13. The molecule has 2 rings (SSSR count). The van der Waals surface area contributed by atoms with Crippen molar-refractivity contribution in [3.63, 3.8) is 0 Å². The number of hydrogen-bond acceptors (Lipinski definition) is 6. The zero-order chi connectivity index (χ0) is 15.2. The second-order valence-electron chi connectivity index (χ2n) is 4.51. The molecule has 1 saturated heterocycles. The molecule has 1 heterocycles. The van der Waals surface area contributed by atoms with E-state index in [1.165, 1.54) is 0 Å². The van der Waals surface area contributed by atoms with Crippen LogP contribution in [0.15, 0.2) is 30.3 Å². The Balaban J connectivity index is 2.05. The van der Waals surface area contributed by atoms with Gasteiger partial charge in [-0.25, -0.2) is 4.79 Å². The quantitative estimate of drug-likeness (QED) is 0.589. The molecule has 21 heavy (non-hydrogen) atoms. The molecule has 0 bridgehead atoms. The van der Waals surface area contributed by atoms with Gasteiger partial charge in [0.05, 0.1) is 18.8 Å². The molecule has 0 aliphatic carbocycles. The van der Waals surface area contributed by atoms with E-state index in [1.807, 2.05) is 0 Å². The van der Waals surface area contributed by atoms with Gasteiger partial charge in [-0.3, -0.25) is 0 Å². The predicted octanol–water partition coefficient (Wildman–Crippen LogP) is 0.545. The summed E-state index contributed by atoms with van der Waals surface area (Å²) in [6.07, 6.45) is -4.00. The molecule has 0 radical (unpaired) electrons. The smallest absolute Gasteiger partial charge is 0.338 e. The summed E-state index contributed by atoms with van der Waals surface area (Å²) in [7, 11) is 0. The number of ether oxygens (including phenoxy) is 3. The highest BCUT2D eigenvalue weighted by Gasteiger charge is 2.46. The number of carbonyl (C=O) groups excluding carboxylic acids is 1. The van der Waals surface area contributed by atoms with Crippen LogP contribution in [0.3, 0.4) is 0 Å². The molecular weight excluding hydrogens is 300 g/mol. The Hall–Kier alpha value is -1.18. The Morgan fingerprint density at radius 2 is 2.05 bits per heavy atom. The van der Waals surface area contributed by atoms with Crippen LogP contribution in [0, 0.1) is 0 Å². The van der Waals surface area contributed by atoms with E-state index in [2.05, 4.69) is 0 Å². The van der Waals surface area contributed by atoms with Crippen LogP contribution >= 0.6 is 11.6 Å². The van der Waals surface area contributed by atoms with Crippen molar-refractivity contribution < 1.29 is 29.2 Å². The van der Waals surface area contributed by atoms with E-state index in [4.69, 9.17) is 30.9 Å². The molecular formula is C14H17ClO6. The number of rotatable bonds is 6. The van der Waals surface area contributed by atoms with E-state index in [9.17, 15) is 9.90 Å². The van der Waals surface area contributed by atoms with Gasteiger partial charge in [-0.05, 0) is 12.1 Å². The summed E-state index contributed by atoms with van der Waals surface area (Å²) in [5.41, 5.74) is 0.355. The standard InChI is InChI=1S/C14H17ClO6/c15-6-7-19-14-12(11(17)10(8-16)20-14)21-13(18)9-4-2-1-3-5-9/h1-5,10-12,14,16-17H,6-8H2/t10-,11-,12+,14+/m1/s1. The van der Waals surface area contributed by atoms with Gasteiger partial charge in [-0.15, -0.1) is 11.6 Å². The zero-order valence-electron chi connectivity index (χ0n) is 11.2. The van der Waals surface area contributed by atoms with E-state index in [-0.39, 0.29) is 12.5 Å². The Kier molecular flexibility index (Phi) is 5.96. The number of aliphatic hydroxyl groups excluding tert-OH is 2. The van der Waals surface area contributed by atoms with Crippen LogP contribution in [0.5, 0.6) is 0 Å². The highest BCUT2D eigenvalue weighted by atomic mass is 35.5. The van der Waals surface area contributed by atoms with Crippen LogP contribution in [0.4, 0.5) is 0 Å². The molecule has 1 aromatic carbocycles. The van der Waals surface area contributed by atoms with Crippen LogP contribution in [-0.4, -0.2) is 59.9 Å². The van der Waals surface area contributed by atoms with Crippen LogP contribution in [-0.2, 0) is 14.2 Å². The molecule has 0 spiro atoms. The number of hydrogen-bond donors (Lipinski definition) is 2. The number of aliphatic hydroxyl groups is 2. The van der Waals surface area contributed by atoms with Crippen molar-refractivity contribution in [2.75, 3.05) is 19.1 Å². The van der Waals surface area contributed by atoms with E-state index in [0.29, 0.717) is 5.56 Å². The maximum Gasteiger partial charge on any atom is 0.338 e. The number of halogens is 1. The van der Waals surface area contributed by atoms with E-state index < -0.39 is 37.2 Å². The zero-order valence-corrected chi connectivity index (χ0v) is 12.0. The van der Waals surface area contributed by atoms with E-state index in [0.717, 1.165) is 0 Å². The maximum atomic E-state index is 12.0. The monoisotopic (exact) mass is 316 g/mol. The van der Waals surface area contributed by atoms with Crippen LogP contribution in [0.25, 0.3) is 0 Å². The van der Waals surface area contributed by atoms with Crippen LogP contribution in [0.2, 0.25) is 0 Å². The van der Waals surface area contributed by atoms with Crippen molar-refractivity contribution in [3.05, 3.63) is 35.9 Å². The van der Waals surface area contributed by atoms with Crippen molar-refractivity contribution in [1.29, 1.82) is 0 Å². The summed E-state index contributed by atoms with van der Waals surface area (Å²) in [5, 5.41) is 19.2. The van der Waals surface area contributed by atoms with Gasteiger partial charge in [0.15, 0.2) is 12.4 Å². The van der Waals surface area contributed by atoms with E-state index >= 15 is 0 Å². The largest absolute Gasteiger partial charge is 0.450 e. The average Bonchev–Trinajstić information content (AvgIpc) is 2.82. The summed E-state index contributed by atoms with van der Waals surface area (Å²) in [5.74, 6) is -0.361. The Morgan fingerprint density at radius 3 is 2.67 bits per heavy atom. The van der Waals surface area contributed by atoms with Gasteiger partial charge in [0, 0.05) is 5.88 Å². The van der Waals surface area contributed by atoms with Crippen LogP contribution in [0.1, 0.15) is 10.4 Å². The molecule has 4 atom stereocenters. The molecule has 1 aliphatic heterocycles. The molecule has 116 valence electrons. The fourth-order valence-electron chi connectivity index (χ4n) is 2.04. The van der Waals surface area contributed by atoms with Gasteiger partial charge in [-0.1, -0.05) is 18.2 Å². The van der Waals surface area contributed by atoms with Crippen molar-refractivity contribution in [2.24, 2.45) is 0 Å². The van der Waals surface area contributed by atoms with Crippen molar-refractivity contribution in [2.45, 2.75) is 24.6 Å². The maximum absolute atomic E-state index is 12.0. The summed E-state index contributed by atoms with van der Waals surface area (Å²) in [4.78, 5) is 12.0.